The highest BCUT2D eigenvalue weighted by Crippen LogP contribution is 2.33. The number of ether oxygens (including phenoxy) is 1. The maximum Gasteiger partial charge on any atom is 0.323 e. The van der Waals surface area contributed by atoms with Gasteiger partial charge in [0.15, 0.2) is 0 Å². The first kappa shape index (κ1) is 8.06. The Morgan fingerprint density at radius 1 is 1.73 bits per heavy atom. The monoisotopic (exact) mass is 153 g/mol. The summed E-state index contributed by atoms with van der Waals surface area (Å²) in [5.41, 5.74) is 0. The van der Waals surface area contributed by atoms with Crippen LogP contribution in [0.3, 0.4) is 0 Å². The number of methoxy groups -OCH3 is 1. The van der Waals surface area contributed by atoms with E-state index >= 15 is 0 Å². The number of nitriles is 1. The second kappa shape index (κ2) is 3.38. The van der Waals surface area contributed by atoms with Crippen molar-refractivity contribution in [3.05, 3.63) is 0 Å². The van der Waals surface area contributed by atoms with Crippen LogP contribution < -0.4 is 0 Å². The molecule has 0 aromatic carbocycles. The van der Waals surface area contributed by atoms with Crippen LogP contribution in [0.1, 0.15) is 19.3 Å². The Balaban J connectivity index is 2.49. The summed E-state index contributed by atoms with van der Waals surface area (Å²) in [5, 5.41) is 8.61. The van der Waals surface area contributed by atoms with Crippen LogP contribution in [0.5, 0.6) is 0 Å². The van der Waals surface area contributed by atoms with Gasteiger partial charge in [0.1, 0.15) is 5.92 Å². The molecule has 11 heavy (non-hydrogen) atoms. The van der Waals surface area contributed by atoms with Gasteiger partial charge in [-0.1, -0.05) is 6.42 Å². The zero-order chi connectivity index (χ0) is 8.27. The van der Waals surface area contributed by atoms with Crippen molar-refractivity contribution in [2.45, 2.75) is 19.3 Å². The topological polar surface area (TPSA) is 50.1 Å². The van der Waals surface area contributed by atoms with E-state index in [0.717, 1.165) is 19.3 Å². The minimum atomic E-state index is -0.520. The van der Waals surface area contributed by atoms with Crippen molar-refractivity contribution < 1.29 is 9.53 Å². The fourth-order valence-electron chi connectivity index (χ4n) is 1.25. The Morgan fingerprint density at radius 2 is 2.36 bits per heavy atom. The van der Waals surface area contributed by atoms with E-state index in [0.29, 0.717) is 0 Å². The van der Waals surface area contributed by atoms with Crippen molar-refractivity contribution in [2.24, 2.45) is 11.8 Å². The largest absolute Gasteiger partial charge is 0.468 e. The first-order valence-electron chi connectivity index (χ1n) is 3.77. The van der Waals surface area contributed by atoms with Crippen molar-refractivity contribution in [3.8, 4) is 6.07 Å². The molecule has 0 saturated heterocycles. The molecule has 0 heterocycles. The predicted octanol–water partition coefficient (Wildman–Crippen LogP) is 1.10. The lowest BCUT2D eigenvalue weighted by Crippen LogP contribution is -2.28. The van der Waals surface area contributed by atoms with Gasteiger partial charge in [-0.05, 0) is 18.8 Å². The van der Waals surface area contributed by atoms with Gasteiger partial charge in [-0.25, -0.2) is 0 Å². The molecule has 3 nitrogen and oxygen atoms in total. The van der Waals surface area contributed by atoms with Gasteiger partial charge >= 0.3 is 5.97 Å². The summed E-state index contributed by atoms with van der Waals surface area (Å²) in [5.74, 6) is -0.640. The Bertz CT molecular complexity index is 191. The van der Waals surface area contributed by atoms with Crippen molar-refractivity contribution in [1.82, 2.24) is 0 Å². The molecule has 1 aliphatic rings. The Morgan fingerprint density at radius 3 is 2.64 bits per heavy atom. The van der Waals surface area contributed by atoms with Gasteiger partial charge in [0.25, 0.3) is 0 Å². The second-order valence-corrected chi connectivity index (χ2v) is 2.82. The smallest absolute Gasteiger partial charge is 0.323 e. The molecule has 0 aliphatic heterocycles. The third kappa shape index (κ3) is 1.51. The fourth-order valence-corrected chi connectivity index (χ4v) is 1.25. The maximum absolute atomic E-state index is 10.9. The number of rotatable bonds is 2. The molecule has 1 fully saturated rings. The van der Waals surface area contributed by atoms with Crippen LogP contribution in [0.25, 0.3) is 0 Å². The highest BCUT2D eigenvalue weighted by atomic mass is 16.5. The van der Waals surface area contributed by atoms with Gasteiger partial charge in [-0.3, -0.25) is 4.79 Å². The summed E-state index contributed by atoms with van der Waals surface area (Å²) in [6.45, 7) is 0. The van der Waals surface area contributed by atoms with E-state index in [1.54, 1.807) is 0 Å². The Labute approximate surface area is 66.0 Å². The van der Waals surface area contributed by atoms with E-state index in [1.807, 2.05) is 6.07 Å². The fraction of sp³-hybridized carbons (Fsp3) is 0.750. The average Bonchev–Trinajstić information content (AvgIpc) is 1.94. The van der Waals surface area contributed by atoms with E-state index in [9.17, 15) is 4.79 Å². The van der Waals surface area contributed by atoms with Crippen LogP contribution in [-0.4, -0.2) is 13.1 Å². The third-order valence-electron chi connectivity index (χ3n) is 2.22. The van der Waals surface area contributed by atoms with Crippen LogP contribution in [0.4, 0.5) is 0 Å². The zero-order valence-electron chi connectivity index (χ0n) is 6.54. The molecule has 0 N–H and O–H groups in total. The lowest BCUT2D eigenvalue weighted by molar-refractivity contribution is -0.146. The molecule has 1 rings (SSSR count). The van der Waals surface area contributed by atoms with E-state index in [2.05, 4.69) is 4.74 Å². The quantitative estimate of drug-likeness (QED) is 0.558. The van der Waals surface area contributed by atoms with E-state index in [1.165, 1.54) is 7.11 Å². The summed E-state index contributed by atoms with van der Waals surface area (Å²) in [7, 11) is 1.32. The van der Waals surface area contributed by atoms with E-state index in [4.69, 9.17) is 5.26 Å². The highest BCUT2D eigenvalue weighted by Gasteiger charge is 2.33. The SMILES string of the molecule is COC(=O)[C@@H](C#N)C1CCC1. The van der Waals surface area contributed by atoms with Crippen LogP contribution in [0.2, 0.25) is 0 Å². The van der Waals surface area contributed by atoms with Gasteiger partial charge < -0.3 is 4.74 Å². The van der Waals surface area contributed by atoms with E-state index < -0.39 is 5.92 Å². The molecule has 3 heteroatoms. The number of esters is 1. The summed E-state index contributed by atoms with van der Waals surface area (Å²) in [6, 6.07) is 1.98. The number of nitrogens with zero attached hydrogens (tertiary/aromatic N) is 1. The summed E-state index contributed by atoms with van der Waals surface area (Å²) < 4.78 is 4.50. The lowest BCUT2D eigenvalue weighted by Gasteiger charge is -2.27. The van der Waals surface area contributed by atoms with Crippen LogP contribution in [-0.2, 0) is 9.53 Å². The molecule has 1 aliphatic carbocycles. The number of hydrogen-bond acceptors (Lipinski definition) is 3. The minimum absolute atomic E-state index is 0.257. The number of carbonyl (C=O) groups excluding carboxylic acids is 1. The average molecular weight is 153 g/mol. The highest BCUT2D eigenvalue weighted by molar-refractivity contribution is 5.75. The molecule has 1 saturated carbocycles. The minimum Gasteiger partial charge on any atom is -0.468 e. The molecule has 1 atom stereocenters. The van der Waals surface area contributed by atoms with Gasteiger partial charge in [-0.2, -0.15) is 5.26 Å². The molecule has 0 unspecified atom stereocenters. The van der Waals surface area contributed by atoms with Gasteiger partial charge in [0.05, 0.1) is 13.2 Å². The van der Waals surface area contributed by atoms with Crippen molar-refractivity contribution in [1.29, 1.82) is 5.26 Å². The summed E-state index contributed by atoms with van der Waals surface area (Å²) in [6.07, 6.45) is 3.13. The molecule has 0 amide bonds. The predicted molar refractivity (Wildman–Crippen MR) is 38.5 cm³/mol. The maximum atomic E-state index is 10.9. The van der Waals surface area contributed by atoms with Crippen LogP contribution in [0, 0.1) is 23.2 Å². The standard InChI is InChI=1S/C8H11NO2/c1-11-8(10)7(5-9)6-3-2-4-6/h6-7H,2-4H2,1H3/t7-/m0/s1. The van der Waals surface area contributed by atoms with Crippen molar-refractivity contribution >= 4 is 5.97 Å². The van der Waals surface area contributed by atoms with Crippen LogP contribution in [0.15, 0.2) is 0 Å². The number of carbonyl (C=O) groups is 1. The van der Waals surface area contributed by atoms with Gasteiger partial charge in [0.2, 0.25) is 0 Å². The lowest BCUT2D eigenvalue weighted by atomic mass is 9.76. The molecule has 0 radical (unpaired) electrons. The molecule has 0 aromatic heterocycles. The molecular weight excluding hydrogens is 142 g/mol. The van der Waals surface area contributed by atoms with Crippen molar-refractivity contribution in [3.63, 3.8) is 0 Å². The molecular formula is C8H11NO2. The van der Waals surface area contributed by atoms with Gasteiger partial charge in [0, 0.05) is 0 Å². The molecule has 0 bridgehead atoms. The molecule has 60 valence electrons. The third-order valence-corrected chi connectivity index (χ3v) is 2.22. The first-order valence-corrected chi connectivity index (χ1v) is 3.77. The second-order valence-electron chi connectivity index (χ2n) is 2.82. The zero-order valence-corrected chi connectivity index (χ0v) is 6.54. The Kier molecular flexibility index (Phi) is 2.48. The summed E-state index contributed by atoms with van der Waals surface area (Å²) in [4.78, 5) is 10.9. The molecule has 0 spiro atoms. The van der Waals surface area contributed by atoms with Crippen molar-refractivity contribution in [2.75, 3.05) is 7.11 Å². The van der Waals surface area contributed by atoms with Crippen LogP contribution >= 0.6 is 0 Å². The molecule has 0 aromatic rings. The first-order chi connectivity index (χ1) is 5.29. The van der Waals surface area contributed by atoms with Gasteiger partial charge in [-0.15, -0.1) is 0 Å². The Hall–Kier alpha value is -1.04. The number of hydrogen-bond donors (Lipinski definition) is 0. The summed E-state index contributed by atoms with van der Waals surface area (Å²) >= 11 is 0. The normalized spacial score (nSPS) is 19.6. The van der Waals surface area contributed by atoms with E-state index in [-0.39, 0.29) is 11.9 Å².